The number of ether oxygens (including phenoxy) is 4. The molecule has 1 saturated heterocycles. The summed E-state index contributed by atoms with van der Waals surface area (Å²) >= 11 is 3.45. The molecule has 1 amide bonds. The van der Waals surface area contributed by atoms with Crippen LogP contribution in [0.3, 0.4) is 0 Å². The van der Waals surface area contributed by atoms with Gasteiger partial charge in [0.15, 0.2) is 0 Å². The Morgan fingerprint density at radius 1 is 0.964 bits per heavy atom. The Balaban J connectivity index is 1.96. The molecule has 0 bridgehead atoms. The minimum atomic E-state index is -0.0653. The second-order valence-corrected chi connectivity index (χ2v) is 7.25. The Morgan fingerprint density at radius 3 is 2.18 bits per heavy atom. The van der Waals surface area contributed by atoms with Crippen molar-refractivity contribution >= 4 is 21.8 Å². The van der Waals surface area contributed by atoms with Gasteiger partial charge in [-0.1, -0.05) is 0 Å². The van der Waals surface area contributed by atoms with Crippen LogP contribution >= 0.6 is 15.9 Å². The van der Waals surface area contributed by atoms with Gasteiger partial charge in [-0.05, 0) is 53.0 Å². The van der Waals surface area contributed by atoms with Crippen molar-refractivity contribution in [1.82, 2.24) is 4.90 Å². The summed E-state index contributed by atoms with van der Waals surface area (Å²) in [7, 11) is 6.38. The summed E-state index contributed by atoms with van der Waals surface area (Å²) < 4.78 is 22.3. The Morgan fingerprint density at radius 2 is 1.61 bits per heavy atom. The van der Waals surface area contributed by atoms with Crippen LogP contribution in [0.2, 0.25) is 0 Å². The number of hydrogen-bond donors (Lipinski definition) is 0. The SMILES string of the molecule is COc1ccc(C2CCCN2C(=O)c2cc(OC)c(Br)c(OC)c2)c(OC)c1. The van der Waals surface area contributed by atoms with E-state index in [0.29, 0.717) is 28.1 Å². The fourth-order valence-corrected chi connectivity index (χ4v) is 4.14. The van der Waals surface area contributed by atoms with E-state index in [2.05, 4.69) is 15.9 Å². The average molecular weight is 450 g/mol. The molecule has 1 unspecified atom stereocenters. The summed E-state index contributed by atoms with van der Waals surface area (Å²) in [6, 6.07) is 9.11. The van der Waals surface area contributed by atoms with Crippen molar-refractivity contribution in [3.63, 3.8) is 0 Å². The zero-order valence-electron chi connectivity index (χ0n) is 16.5. The summed E-state index contributed by atoms with van der Waals surface area (Å²) in [6.07, 6.45) is 1.80. The number of benzene rings is 2. The minimum absolute atomic E-state index is 0.0611. The first-order valence-electron chi connectivity index (χ1n) is 8.98. The number of amides is 1. The maximum absolute atomic E-state index is 13.3. The van der Waals surface area contributed by atoms with Crippen LogP contribution in [0.4, 0.5) is 0 Å². The Kier molecular flexibility index (Phi) is 6.34. The molecule has 1 fully saturated rings. The van der Waals surface area contributed by atoms with E-state index >= 15 is 0 Å². The molecule has 150 valence electrons. The van der Waals surface area contributed by atoms with E-state index in [4.69, 9.17) is 18.9 Å². The highest BCUT2D eigenvalue weighted by Crippen LogP contribution is 2.41. The molecule has 7 heteroatoms. The predicted octanol–water partition coefficient (Wildman–Crippen LogP) is 4.46. The first kappa shape index (κ1) is 20.3. The third-order valence-corrected chi connectivity index (χ3v) is 5.79. The van der Waals surface area contributed by atoms with Crippen LogP contribution in [-0.4, -0.2) is 45.8 Å². The van der Waals surface area contributed by atoms with Gasteiger partial charge in [0.1, 0.15) is 27.5 Å². The van der Waals surface area contributed by atoms with Crippen molar-refractivity contribution in [2.75, 3.05) is 35.0 Å². The number of methoxy groups -OCH3 is 4. The molecule has 3 rings (SSSR count). The molecule has 0 aliphatic carbocycles. The number of rotatable bonds is 6. The molecular formula is C21H24BrNO5. The van der Waals surface area contributed by atoms with Gasteiger partial charge < -0.3 is 23.8 Å². The molecule has 0 radical (unpaired) electrons. The van der Waals surface area contributed by atoms with Crippen LogP contribution in [0.15, 0.2) is 34.8 Å². The third kappa shape index (κ3) is 3.76. The molecule has 2 aromatic carbocycles. The highest BCUT2D eigenvalue weighted by Gasteiger charge is 2.33. The Labute approximate surface area is 173 Å². The molecule has 0 saturated carbocycles. The smallest absolute Gasteiger partial charge is 0.254 e. The number of nitrogens with zero attached hydrogens (tertiary/aromatic N) is 1. The lowest BCUT2D eigenvalue weighted by atomic mass is 10.0. The number of halogens is 1. The van der Waals surface area contributed by atoms with E-state index in [1.807, 2.05) is 23.1 Å². The summed E-state index contributed by atoms with van der Waals surface area (Å²) in [5.41, 5.74) is 1.50. The minimum Gasteiger partial charge on any atom is -0.497 e. The lowest BCUT2D eigenvalue weighted by Gasteiger charge is -2.27. The first-order chi connectivity index (χ1) is 13.5. The highest BCUT2D eigenvalue weighted by atomic mass is 79.9. The Hall–Kier alpha value is -2.41. The first-order valence-corrected chi connectivity index (χ1v) is 9.77. The van der Waals surface area contributed by atoms with Crippen molar-refractivity contribution in [1.29, 1.82) is 0 Å². The van der Waals surface area contributed by atoms with Crippen molar-refractivity contribution < 1.29 is 23.7 Å². The number of hydrogen-bond acceptors (Lipinski definition) is 5. The van der Waals surface area contributed by atoms with Gasteiger partial charge in [0.2, 0.25) is 0 Å². The van der Waals surface area contributed by atoms with Gasteiger partial charge in [0, 0.05) is 23.7 Å². The molecule has 1 aliphatic heterocycles. The lowest BCUT2D eigenvalue weighted by Crippen LogP contribution is -2.30. The molecule has 0 spiro atoms. The predicted molar refractivity (Wildman–Crippen MR) is 110 cm³/mol. The molecule has 1 heterocycles. The monoisotopic (exact) mass is 449 g/mol. The molecule has 28 heavy (non-hydrogen) atoms. The second-order valence-electron chi connectivity index (χ2n) is 6.46. The van der Waals surface area contributed by atoms with Crippen LogP contribution in [0.25, 0.3) is 0 Å². The third-order valence-electron chi connectivity index (χ3n) is 5.01. The van der Waals surface area contributed by atoms with E-state index in [-0.39, 0.29) is 11.9 Å². The van der Waals surface area contributed by atoms with Gasteiger partial charge in [-0.2, -0.15) is 0 Å². The van der Waals surface area contributed by atoms with Crippen LogP contribution in [0.1, 0.15) is 34.8 Å². The molecule has 1 aliphatic rings. The van der Waals surface area contributed by atoms with E-state index < -0.39 is 0 Å². The molecule has 0 aromatic heterocycles. The van der Waals surface area contributed by atoms with Crippen molar-refractivity contribution in [3.8, 4) is 23.0 Å². The summed E-state index contributed by atoms with van der Waals surface area (Å²) in [4.78, 5) is 15.2. The van der Waals surface area contributed by atoms with Crippen molar-refractivity contribution in [2.45, 2.75) is 18.9 Å². The Bertz CT molecular complexity index is 845. The van der Waals surface area contributed by atoms with Crippen LogP contribution < -0.4 is 18.9 Å². The number of carbonyl (C=O) groups is 1. The van der Waals surface area contributed by atoms with E-state index in [9.17, 15) is 4.79 Å². The van der Waals surface area contributed by atoms with Crippen LogP contribution in [0, 0.1) is 0 Å². The lowest BCUT2D eigenvalue weighted by molar-refractivity contribution is 0.0733. The van der Waals surface area contributed by atoms with Gasteiger partial charge in [-0.3, -0.25) is 4.79 Å². The zero-order chi connectivity index (χ0) is 20.3. The topological polar surface area (TPSA) is 57.2 Å². The van der Waals surface area contributed by atoms with E-state index in [1.54, 1.807) is 40.6 Å². The van der Waals surface area contributed by atoms with Gasteiger partial charge in [0.25, 0.3) is 5.91 Å². The highest BCUT2D eigenvalue weighted by molar-refractivity contribution is 9.10. The van der Waals surface area contributed by atoms with Crippen molar-refractivity contribution in [3.05, 3.63) is 45.9 Å². The standard InChI is InChI=1S/C21H24BrNO5/c1-25-14-7-8-15(17(12-14)26-2)16-6-5-9-23(16)21(24)13-10-18(27-3)20(22)19(11-13)28-4/h7-8,10-12,16H,5-6,9H2,1-4H3. The number of carbonyl (C=O) groups excluding carboxylic acids is 1. The maximum atomic E-state index is 13.3. The van der Waals surface area contributed by atoms with E-state index in [0.717, 1.165) is 29.9 Å². The fraction of sp³-hybridized carbons (Fsp3) is 0.381. The largest absolute Gasteiger partial charge is 0.497 e. The maximum Gasteiger partial charge on any atom is 0.254 e. The van der Waals surface area contributed by atoms with Crippen LogP contribution in [-0.2, 0) is 0 Å². The van der Waals surface area contributed by atoms with Gasteiger partial charge >= 0.3 is 0 Å². The molecular weight excluding hydrogens is 426 g/mol. The summed E-state index contributed by atoms with van der Waals surface area (Å²) in [5, 5.41) is 0. The van der Waals surface area contributed by atoms with E-state index in [1.165, 1.54) is 0 Å². The van der Waals surface area contributed by atoms with Crippen LogP contribution in [0.5, 0.6) is 23.0 Å². The normalized spacial score (nSPS) is 16.0. The van der Waals surface area contributed by atoms with Gasteiger partial charge in [-0.25, -0.2) is 0 Å². The molecule has 6 nitrogen and oxygen atoms in total. The van der Waals surface area contributed by atoms with Crippen molar-refractivity contribution in [2.24, 2.45) is 0 Å². The van der Waals surface area contributed by atoms with Gasteiger partial charge in [-0.15, -0.1) is 0 Å². The number of likely N-dealkylation sites (tertiary alicyclic amines) is 1. The average Bonchev–Trinajstić information content (AvgIpc) is 3.22. The quantitative estimate of drug-likeness (QED) is 0.651. The summed E-state index contributed by atoms with van der Waals surface area (Å²) in [5.74, 6) is 2.49. The molecule has 0 N–H and O–H groups in total. The fourth-order valence-electron chi connectivity index (χ4n) is 3.59. The molecule has 2 aromatic rings. The summed E-state index contributed by atoms with van der Waals surface area (Å²) in [6.45, 7) is 0.680. The molecule has 1 atom stereocenters. The zero-order valence-corrected chi connectivity index (χ0v) is 18.0. The van der Waals surface area contributed by atoms with Gasteiger partial charge in [0.05, 0.1) is 34.5 Å². The second kappa shape index (κ2) is 8.73.